The minimum Gasteiger partial charge on any atom is -0.464 e. The van der Waals surface area contributed by atoms with Crippen LogP contribution in [0.2, 0.25) is 0 Å². The molecule has 3 N–H and O–H groups in total. The van der Waals surface area contributed by atoms with Gasteiger partial charge in [0.2, 0.25) is 0 Å². The zero-order valence-electron chi connectivity index (χ0n) is 20.2. The molecule has 2 atom stereocenters. The van der Waals surface area contributed by atoms with Crippen LogP contribution in [0, 0.1) is 0 Å². The van der Waals surface area contributed by atoms with Crippen LogP contribution in [0.5, 0.6) is 0 Å². The summed E-state index contributed by atoms with van der Waals surface area (Å²) in [7, 11) is 0. The first-order chi connectivity index (χ1) is 17.0. The molecule has 0 aliphatic carbocycles. The summed E-state index contributed by atoms with van der Waals surface area (Å²) in [6.07, 6.45) is 2.75. The van der Waals surface area contributed by atoms with Gasteiger partial charge in [0.15, 0.2) is 11.8 Å². The second-order valence-electron chi connectivity index (χ2n) is 8.31. The number of unbranched alkanes of at least 4 members (excludes halogenated alkanes) is 1. The molecular weight excluding hydrogens is 446 g/mol. The lowest BCUT2D eigenvalue weighted by Crippen LogP contribution is -2.55. The number of para-hydroxylation sites is 1. The molecule has 35 heavy (non-hydrogen) atoms. The molecule has 3 aromatic rings. The van der Waals surface area contributed by atoms with Crippen molar-refractivity contribution in [3.05, 3.63) is 71.9 Å². The smallest absolute Gasteiger partial charge is 0.411 e. The maximum Gasteiger partial charge on any atom is 0.411 e. The Kier molecular flexibility index (Phi) is 9.43. The van der Waals surface area contributed by atoms with Gasteiger partial charge in [0.25, 0.3) is 0 Å². The van der Waals surface area contributed by atoms with Crippen LogP contribution in [0.1, 0.15) is 37.8 Å². The summed E-state index contributed by atoms with van der Waals surface area (Å²) in [5.74, 6) is -1.42. The molecule has 0 saturated carbocycles. The molecule has 1 heterocycles. The number of ether oxygens (including phenoxy) is 2. The number of carbonyl (C=O) groups is 3. The lowest BCUT2D eigenvalue weighted by Gasteiger charge is -2.30. The number of carbonyl (C=O) groups excluding carboxylic acids is 3. The van der Waals surface area contributed by atoms with E-state index in [1.54, 1.807) is 13.1 Å². The number of rotatable bonds is 12. The topological polar surface area (TPSA) is 115 Å². The molecule has 3 rings (SSSR count). The SMILES string of the molecule is CCCCOC(=O)N(Cc1ccccc1)[C@@H](C(=O)OCC)C(=O)C(N)Cc1c[nH]c2ccccc12. The van der Waals surface area contributed by atoms with E-state index in [1.165, 1.54) is 0 Å². The number of benzene rings is 2. The van der Waals surface area contributed by atoms with Crippen molar-refractivity contribution in [2.75, 3.05) is 13.2 Å². The molecule has 0 radical (unpaired) electrons. The summed E-state index contributed by atoms with van der Waals surface area (Å²) in [6, 6.07) is 14.2. The number of H-pyrrole nitrogens is 1. The van der Waals surface area contributed by atoms with Crippen molar-refractivity contribution in [1.29, 1.82) is 0 Å². The van der Waals surface area contributed by atoms with Gasteiger partial charge in [-0.2, -0.15) is 0 Å². The number of aromatic amines is 1. The Hall–Kier alpha value is -3.65. The fourth-order valence-electron chi connectivity index (χ4n) is 3.89. The van der Waals surface area contributed by atoms with Gasteiger partial charge >= 0.3 is 12.1 Å². The maximum absolute atomic E-state index is 13.6. The van der Waals surface area contributed by atoms with Crippen LogP contribution in [-0.4, -0.2) is 53.0 Å². The van der Waals surface area contributed by atoms with Gasteiger partial charge in [-0.15, -0.1) is 0 Å². The van der Waals surface area contributed by atoms with E-state index in [0.717, 1.165) is 33.4 Å². The van der Waals surface area contributed by atoms with Crippen LogP contribution < -0.4 is 5.73 Å². The molecule has 0 bridgehead atoms. The summed E-state index contributed by atoms with van der Waals surface area (Å²) < 4.78 is 10.6. The van der Waals surface area contributed by atoms with E-state index in [2.05, 4.69) is 4.98 Å². The van der Waals surface area contributed by atoms with E-state index in [-0.39, 0.29) is 26.2 Å². The average molecular weight is 480 g/mol. The largest absolute Gasteiger partial charge is 0.464 e. The van der Waals surface area contributed by atoms with Crippen LogP contribution in [0.3, 0.4) is 0 Å². The number of ketones is 1. The second-order valence-corrected chi connectivity index (χ2v) is 8.31. The molecule has 186 valence electrons. The Morgan fingerprint density at radius 1 is 1.00 bits per heavy atom. The molecule has 0 aliphatic rings. The molecule has 1 aromatic heterocycles. The van der Waals surface area contributed by atoms with Crippen molar-refractivity contribution in [2.45, 2.75) is 51.7 Å². The molecule has 8 heteroatoms. The summed E-state index contributed by atoms with van der Waals surface area (Å²) in [4.78, 5) is 44.0. The predicted octanol–water partition coefficient (Wildman–Crippen LogP) is 3.98. The Bertz CT molecular complexity index is 1130. The number of nitrogens with two attached hydrogens (primary N) is 1. The third-order valence-electron chi connectivity index (χ3n) is 5.72. The third-order valence-corrected chi connectivity index (χ3v) is 5.72. The molecule has 1 amide bonds. The summed E-state index contributed by atoms with van der Waals surface area (Å²) >= 11 is 0. The van der Waals surface area contributed by atoms with E-state index < -0.39 is 29.9 Å². The lowest BCUT2D eigenvalue weighted by atomic mass is 9.97. The average Bonchev–Trinajstić information content (AvgIpc) is 3.27. The Morgan fingerprint density at radius 2 is 1.71 bits per heavy atom. The number of amides is 1. The quantitative estimate of drug-likeness (QED) is 0.231. The fourth-order valence-corrected chi connectivity index (χ4v) is 3.89. The first-order valence-electron chi connectivity index (χ1n) is 11.9. The first kappa shape index (κ1) is 26.0. The Morgan fingerprint density at radius 3 is 2.43 bits per heavy atom. The zero-order valence-corrected chi connectivity index (χ0v) is 20.2. The van der Waals surface area contributed by atoms with E-state index >= 15 is 0 Å². The van der Waals surface area contributed by atoms with Gasteiger partial charge in [0.05, 0.1) is 25.8 Å². The standard InChI is InChI=1S/C27H33N3O5/c1-3-5-15-35-27(33)30(18-19-11-7-6-8-12-19)24(26(32)34-4-2)25(31)22(28)16-20-17-29-23-14-10-9-13-21(20)23/h6-14,17,22,24,29H,3-5,15-16,18,28H2,1-2H3/t22?,24-/m1/s1. The summed E-state index contributed by atoms with van der Waals surface area (Å²) in [6.45, 7) is 3.87. The number of fused-ring (bicyclic) bond motifs is 1. The van der Waals surface area contributed by atoms with E-state index in [4.69, 9.17) is 15.2 Å². The summed E-state index contributed by atoms with van der Waals surface area (Å²) in [5, 5.41) is 0.948. The van der Waals surface area contributed by atoms with Gasteiger partial charge in [0, 0.05) is 17.1 Å². The number of nitrogens with one attached hydrogen (secondary N) is 1. The number of Topliss-reactive ketones (excluding diaryl/α,β-unsaturated/α-hetero) is 1. The van der Waals surface area contributed by atoms with Crippen molar-refractivity contribution in [2.24, 2.45) is 5.73 Å². The molecule has 0 saturated heterocycles. The van der Waals surface area contributed by atoms with Gasteiger partial charge in [-0.3, -0.25) is 9.69 Å². The van der Waals surface area contributed by atoms with Crippen molar-refractivity contribution >= 4 is 28.7 Å². The minimum absolute atomic E-state index is 0.000818. The monoisotopic (exact) mass is 479 g/mol. The number of nitrogens with zero attached hydrogens (tertiary/aromatic N) is 1. The minimum atomic E-state index is -1.52. The van der Waals surface area contributed by atoms with Crippen LogP contribution in [0.25, 0.3) is 10.9 Å². The van der Waals surface area contributed by atoms with Crippen molar-refractivity contribution in [1.82, 2.24) is 9.88 Å². The second kappa shape index (κ2) is 12.7. The molecule has 2 aromatic carbocycles. The van der Waals surface area contributed by atoms with Crippen LogP contribution in [0.15, 0.2) is 60.8 Å². The zero-order chi connectivity index (χ0) is 25.2. The number of esters is 1. The normalized spacial score (nSPS) is 12.7. The van der Waals surface area contributed by atoms with Crippen LogP contribution in [-0.2, 0) is 32.0 Å². The Labute approximate surface area is 205 Å². The molecule has 0 fully saturated rings. The lowest BCUT2D eigenvalue weighted by molar-refractivity contribution is -0.153. The van der Waals surface area contributed by atoms with E-state index in [0.29, 0.717) is 6.42 Å². The van der Waals surface area contributed by atoms with Gasteiger partial charge in [-0.05, 0) is 37.0 Å². The third kappa shape index (κ3) is 6.70. The van der Waals surface area contributed by atoms with Gasteiger partial charge < -0.3 is 20.2 Å². The van der Waals surface area contributed by atoms with Crippen molar-refractivity contribution < 1.29 is 23.9 Å². The Balaban J connectivity index is 1.90. The van der Waals surface area contributed by atoms with E-state index in [9.17, 15) is 14.4 Å². The van der Waals surface area contributed by atoms with Gasteiger partial charge in [-0.1, -0.05) is 61.9 Å². The summed E-state index contributed by atoms with van der Waals surface area (Å²) in [5.41, 5.74) is 8.86. The van der Waals surface area contributed by atoms with E-state index in [1.807, 2.05) is 61.5 Å². The maximum atomic E-state index is 13.6. The van der Waals surface area contributed by atoms with Crippen molar-refractivity contribution in [3.8, 4) is 0 Å². The highest BCUT2D eigenvalue weighted by molar-refractivity contribution is 6.07. The van der Waals surface area contributed by atoms with Crippen molar-refractivity contribution in [3.63, 3.8) is 0 Å². The van der Waals surface area contributed by atoms with Gasteiger partial charge in [-0.25, -0.2) is 9.59 Å². The molecule has 0 spiro atoms. The van der Waals surface area contributed by atoms with Crippen LogP contribution in [0.4, 0.5) is 4.79 Å². The van der Waals surface area contributed by atoms with Gasteiger partial charge in [0.1, 0.15) is 0 Å². The molecule has 1 unspecified atom stereocenters. The number of hydrogen-bond donors (Lipinski definition) is 2. The fraction of sp³-hybridized carbons (Fsp3) is 0.370. The highest BCUT2D eigenvalue weighted by atomic mass is 16.6. The molecular formula is C27H33N3O5. The first-order valence-corrected chi connectivity index (χ1v) is 11.9. The van der Waals surface area contributed by atoms with Crippen LogP contribution >= 0.6 is 0 Å². The highest BCUT2D eigenvalue weighted by Gasteiger charge is 2.40. The molecule has 8 nitrogen and oxygen atoms in total. The number of hydrogen-bond acceptors (Lipinski definition) is 6. The number of aromatic nitrogens is 1. The molecule has 0 aliphatic heterocycles. The highest BCUT2D eigenvalue weighted by Crippen LogP contribution is 2.21. The predicted molar refractivity (Wildman–Crippen MR) is 134 cm³/mol.